The summed E-state index contributed by atoms with van der Waals surface area (Å²) in [6.07, 6.45) is 0.764. The third kappa shape index (κ3) is 5.63. The topological polar surface area (TPSA) is 52.6 Å². The Morgan fingerprint density at radius 3 is 2.70 bits per heavy atom. The van der Waals surface area contributed by atoms with Gasteiger partial charge in [0.1, 0.15) is 0 Å². The number of nitrogens with one attached hydrogen (secondary N) is 1. The van der Waals surface area contributed by atoms with E-state index >= 15 is 0 Å². The average Bonchev–Trinajstić information content (AvgIpc) is 2.86. The van der Waals surface area contributed by atoms with E-state index in [2.05, 4.69) is 41.4 Å². The lowest BCUT2D eigenvalue weighted by atomic mass is 10.0. The molecule has 3 unspecified atom stereocenters. The molecule has 1 heterocycles. The van der Waals surface area contributed by atoms with Crippen LogP contribution in [0.3, 0.4) is 0 Å². The Hall–Kier alpha value is -1.39. The van der Waals surface area contributed by atoms with Gasteiger partial charge >= 0.3 is 0 Å². The lowest BCUT2D eigenvalue weighted by Gasteiger charge is -2.21. The molecular weight excluding hydrogens is 288 g/mol. The van der Waals surface area contributed by atoms with E-state index < -0.39 is 6.10 Å². The van der Waals surface area contributed by atoms with Gasteiger partial charge < -0.3 is 10.4 Å². The van der Waals surface area contributed by atoms with Crippen molar-refractivity contribution in [3.05, 3.63) is 35.9 Å². The number of rotatable bonds is 7. The summed E-state index contributed by atoms with van der Waals surface area (Å²) < 4.78 is 0. The van der Waals surface area contributed by atoms with Crippen LogP contribution in [0.4, 0.5) is 0 Å². The molecule has 1 aromatic rings. The van der Waals surface area contributed by atoms with E-state index in [0.29, 0.717) is 18.5 Å². The third-order valence-electron chi connectivity index (χ3n) is 4.77. The predicted molar refractivity (Wildman–Crippen MR) is 92.9 cm³/mol. The summed E-state index contributed by atoms with van der Waals surface area (Å²) in [5.74, 6) is 0.572. The minimum Gasteiger partial charge on any atom is -0.392 e. The first-order chi connectivity index (χ1) is 11.0. The van der Waals surface area contributed by atoms with E-state index in [9.17, 15) is 9.90 Å². The number of amides is 1. The van der Waals surface area contributed by atoms with Crippen LogP contribution in [-0.2, 0) is 11.3 Å². The SMILES string of the molecule is CC(C)C(O)CC(=O)NCC1CC(C)N(Cc2ccccc2)C1. The third-order valence-corrected chi connectivity index (χ3v) is 4.77. The van der Waals surface area contributed by atoms with E-state index in [1.165, 1.54) is 5.56 Å². The summed E-state index contributed by atoms with van der Waals surface area (Å²) in [6.45, 7) is 8.81. The van der Waals surface area contributed by atoms with Gasteiger partial charge in [-0.25, -0.2) is 0 Å². The van der Waals surface area contributed by atoms with Crippen molar-refractivity contribution in [1.29, 1.82) is 0 Å². The zero-order valence-electron chi connectivity index (χ0n) is 14.5. The molecule has 1 saturated heterocycles. The van der Waals surface area contributed by atoms with Crippen molar-refractivity contribution in [3.63, 3.8) is 0 Å². The summed E-state index contributed by atoms with van der Waals surface area (Å²) in [5.41, 5.74) is 1.34. The van der Waals surface area contributed by atoms with Crippen molar-refractivity contribution >= 4 is 5.91 Å². The van der Waals surface area contributed by atoms with Crippen LogP contribution in [0.5, 0.6) is 0 Å². The Balaban J connectivity index is 1.74. The van der Waals surface area contributed by atoms with Gasteiger partial charge in [0, 0.05) is 25.7 Å². The number of aliphatic hydroxyl groups excluding tert-OH is 1. The summed E-state index contributed by atoms with van der Waals surface area (Å²) in [4.78, 5) is 14.4. The number of aliphatic hydroxyl groups is 1. The van der Waals surface area contributed by atoms with Crippen molar-refractivity contribution in [2.75, 3.05) is 13.1 Å². The number of hydrogen-bond donors (Lipinski definition) is 2. The van der Waals surface area contributed by atoms with Crippen molar-refractivity contribution in [2.24, 2.45) is 11.8 Å². The Bertz CT molecular complexity index is 489. The van der Waals surface area contributed by atoms with Gasteiger partial charge in [0.15, 0.2) is 0 Å². The first-order valence-electron chi connectivity index (χ1n) is 8.68. The quantitative estimate of drug-likeness (QED) is 0.812. The van der Waals surface area contributed by atoms with Gasteiger partial charge in [-0.15, -0.1) is 0 Å². The van der Waals surface area contributed by atoms with Gasteiger partial charge in [-0.1, -0.05) is 44.2 Å². The fourth-order valence-corrected chi connectivity index (χ4v) is 3.16. The second-order valence-corrected chi connectivity index (χ2v) is 7.19. The normalized spacial score (nSPS) is 23.2. The van der Waals surface area contributed by atoms with Crippen LogP contribution in [0.25, 0.3) is 0 Å². The van der Waals surface area contributed by atoms with E-state index in [0.717, 1.165) is 19.5 Å². The Morgan fingerprint density at radius 1 is 1.35 bits per heavy atom. The van der Waals surface area contributed by atoms with Crippen molar-refractivity contribution in [3.8, 4) is 0 Å². The van der Waals surface area contributed by atoms with E-state index in [-0.39, 0.29) is 18.2 Å². The smallest absolute Gasteiger partial charge is 0.222 e. The van der Waals surface area contributed by atoms with E-state index in [1.807, 2.05) is 19.9 Å². The molecule has 0 saturated carbocycles. The van der Waals surface area contributed by atoms with Gasteiger partial charge in [0.2, 0.25) is 5.91 Å². The van der Waals surface area contributed by atoms with Crippen LogP contribution in [0.2, 0.25) is 0 Å². The van der Waals surface area contributed by atoms with Crippen LogP contribution in [0, 0.1) is 11.8 Å². The van der Waals surface area contributed by atoms with Crippen molar-refractivity contribution in [1.82, 2.24) is 10.2 Å². The largest absolute Gasteiger partial charge is 0.392 e. The van der Waals surface area contributed by atoms with Crippen LogP contribution >= 0.6 is 0 Å². The van der Waals surface area contributed by atoms with Gasteiger partial charge in [0.25, 0.3) is 0 Å². The molecule has 0 aromatic heterocycles. The summed E-state index contributed by atoms with van der Waals surface area (Å²) in [7, 11) is 0. The molecule has 1 fully saturated rings. The minimum atomic E-state index is -0.549. The molecule has 0 spiro atoms. The molecule has 3 atom stereocenters. The highest BCUT2D eigenvalue weighted by atomic mass is 16.3. The summed E-state index contributed by atoms with van der Waals surface area (Å²) in [6, 6.07) is 11.1. The van der Waals surface area contributed by atoms with Crippen molar-refractivity contribution in [2.45, 2.75) is 52.3 Å². The molecule has 0 aliphatic carbocycles. The molecule has 1 aliphatic rings. The fraction of sp³-hybridized carbons (Fsp3) is 0.632. The molecule has 0 bridgehead atoms. The predicted octanol–water partition coefficient (Wildman–Crippen LogP) is 2.42. The average molecular weight is 318 g/mol. The Labute approximate surface area is 139 Å². The van der Waals surface area contributed by atoms with Gasteiger partial charge in [-0.2, -0.15) is 0 Å². The summed E-state index contributed by atoms with van der Waals surface area (Å²) >= 11 is 0. The van der Waals surface area contributed by atoms with Crippen LogP contribution < -0.4 is 5.32 Å². The van der Waals surface area contributed by atoms with Crippen LogP contribution in [-0.4, -0.2) is 41.1 Å². The molecule has 1 amide bonds. The molecule has 128 valence electrons. The monoisotopic (exact) mass is 318 g/mol. The molecule has 23 heavy (non-hydrogen) atoms. The first kappa shape index (κ1) is 18.0. The molecule has 4 nitrogen and oxygen atoms in total. The molecule has 2 N–H and O–H groups in total. The molecule has 4 heteroatoms. The highest BCUT2D eigenvalue weighted by Crippen LogP contribution is 2.24. The lowest BCUT2D eigenvalue weighted by molar-refractivity contribution is -0.123. The zero-order chi connectivity index (χ0) is 16.8. The standard InChI is InChI=1S/C19H30N2O2/c1-14(2)18(22)10-19(23)20-11-17-9-15(3)21(13-17)12-16-7-5-4-6-8-16/h4-8,14-15,17-18,22H,9-13H2,1-3H3,(H,20,23). The van der Waals surface area contributed by atoms with Crippen molar-refractivity contribution < 1.29 is 9.90 Å². The second kappa shape index (κ2) is 8.46. The second-order valence-electron chi connectivity index (χ2n) is 7.19. The maximum Gasteiger partial charge on any atom is 0.222 e. The van der Waals surface area contributed by atoms with Gasteiger partial charge in [0.05, 0.1) is 12.5 Å². The Kier molecular flexibility index (Phi) is 6.60. The molecule has 0 radical (unpaired) electrons. The minimum absolute atomic E-state index is 0.0413. The number of carbonyl (C=O) groups is 1. The van der Waals surface area contributed by atoms with Gasteiger partial charge in [-0.05, 0) is 30.7 Å². The maximum atomic E-state index is 11.9. The number of likely N-dealkylation sites (tertiary alicyclic amines) is 1. The molecule has 2 rings (SSSR count). The number of benzene rings is 1. The highest BCUT2D eigenvalue weighted by molar-refractivity contribution is 5.76. The first-order valence-corrected chi connectivity index (χ1v) is 8.68. The van der Waals surface area contributed by atoms with Crippen LogP contribution in [0.15, 0.2) is 30.3 Å². The highest BCUT2D eigenvalue weighted by Gasteiger charge is 2.29. The van der Waals surface area contributed by atoms with Gasteiger partial charge in [-0.3, -0.25) is 9.69 Å². The Morgan fingerprint density at radius 2 is 2.04 bits per heavy atom. The fourth-order valence-electron chi connectivity index (χ4n) is 3.16. The maximum absolute atomic E-state index is 11.9. The molecular formula is C19H30N2O2. The molecule has 1 aromatic carbocycles. The summed E-state index contributed by atoms with van der Waals surface area (Å²) in [5, 5.41) is 12.8. The van der Waals surface area contributed by atoms with Crippen LogP contribution in [0.1, 0.15) is 39.2 Å². The number of carbonyl (C=O) groups excluding carboxylic acids is 1. The number of hydrogen-bond acceptors (Lipinski definition) is 3. The van der Waals surface area contributed by atoms with E-state index in [4.69, 9.17) is 0 Å². The molecule has 1 aliphatic heterocycles. The number of nitrogens with zero attached hydrogens (tertiary/aromatic N) is 1. The lowest BCUT2D eigenvalue weighted by Crippen LogP contribution is -2.34. The zero-order valence-corrected chi connectivity index (χ0v) is 14.5. The van der Waals surface area contributed by atoms with E-state index in [1.54, 1.807) is 0 Å².